The normalized spacial score (nSPS) is 10.9. The fourth-order valence-corrected chi connectivity index (χ4v) is 5.93. The molecule has 0 aliphatic heterocycles. The molecule has 0 aliphatic rings. The first-order chi connectivity index (χ1) is 27.8. The Kier molecular flexibility index (Phi) is 14.9. The lowest BCUT2D eigenvalue weighted by atomic mass is 9.87. The van der Waals surface area contributed by atoms with Crippen LogP contribution in [0.15, 0.2) is 163 Å². The molecule has 0 saturated carbocycles. The van der Waals surface area contributed by atoms with E-state index in [1.54, 1.807) is 25.4 Å². The largest absolute Gasteiger partial charge is 0.457 e. The monoisotopic (exact) mass is 775 g/mol. The van der Waals surface area contributed by atoms with Gasteiger partial charge in [0, 0.05) is 31.9 Å². The maximum atomic E-state index is 14.3. The molecule has 7 rings (SSSR count). The Morgan fingerprint density at radius 2 is 1.21 bits per heavy atom. The topological polar surface area (TPSA) is 66.2 Å². The maximum Gasteiger partial charge on any atom is 0.261 e. The van der Waals surface area contributed by atoms with Crippen LogP contribution in [-0.2, 0) is 18.9 Å². The van der Waals surface area contributed by atoms with E-state index in [0.717, 1.165) is 22.8 Å². The van der Waals surface area contributed by atoms with Crippen LogP contribution >= 0.6 is 0 Å². The molecule has 6 nitrogen and oxygen atoms in total. The van der Waals surface area contributed by atoms with Gasteiger partial charge in [0.15, 0.2) is 0 Å². The molecule has 7 aromatic rings. The van der Waals surface area contributed by atoms with E-state index in [1.807, 2.05) is 129 Å². The van der Waals surface area contributed by atoms with Gasteiger partial charge < -0.3 is 9.47 Å². The van der Waals surface area contributed by atoms with E-state index in [9.17, 15) is 9.18 Å². The van der Waals surface area contributed by atoms with Crippen molar-refractivity contribution in [3.8, 4) is 34.3 Å². The van der Waals surface area contributed by atoms with Crippen molar-refractivity contribution in [1.82, 2.24) is 14.5 Å². The molecular weight excluding hydrogens is 722 g/mol. The van der Waals surface area contributed by atoms with Gasteiger partial charge in [-0.25, -0.2) is 14.4 Å². The smallest absolute Gasteiger partial charge is 0.261 e. The highest BCUT2D eigenvalue weighted by Gasteiger charge is 2.14. The molecule has 0 saturated heterocycles. The number of rotatable bonds is 9. The molecule has 0 spiro atoms. The van der Waals surface area contributed by atoms with Gasteiger partial charge >= 0.3 is 0 Å². The summed E-state index contributed by atoms with van der Waals surface area (Å²) < 4.78 is 27.1. The summed E-state index contributed by atoms with van der Waals surface area (Å²) in [4.78, 5) is 21.4. The van der Waals surface area contributed by atoms with Gasteiger partial charge in [0.1, 0.15) is 28.9 Å². The highest BCUT2D eigenvalue weighted by molar-refractivity contribution is 5.62. The highest BCUT2D eigenvalue weighted by Crippen LogP contribution is 2.27. The van der Waals surface area contributed by atoms with Crippen molar-refractivity contribution < 1.29 is 13.9 Å². The summed E-state index contributed by atoms with van der Waals surface area (Å²) in [6.45, 7) is 14.8. The molecule has 0 atom stereocenters. The van der Waals surface area contributed by atoms with Crippen LogP contribution in [0.2, 0.25) is 0 Å². The molecule has 58 heavy (non-hydrogen) atoms. The van der Waals surface area contributed by atoms with Gasteiger partial charge in [-0.2, -0.15) is 0 Å². The van der Waals surface area contributed by atoms with Gasteiger partial charge in [-0.3, -0.25) is 9.36 Å². The number of hydrogen-bond donors (Lipinski definition) is 0. The molecule has 0 N–H and O–H groups in total. The minimum atomic E-state index is -0.289. The molecule has 7 heteroatoms. The zero-order chi connectivity index (χ0) is 41.7. The summed E-state index contributed by atoms with van der Waals surface area (Å²) in [5.74, 6) is 4.19. The highest BCUT2D eigenvalue weighted by atomic mass is 19.1. The minimum Gasteiger partial charge on any atom is -0.457 e. The van der Waals surface area contributed by atoms with Gasteiger partial charge in [-0.05, 0) is 87.5 Å². The van der Waals surface area contributed by atoms with Crippen molar-refractivity contribution in [2.24, 2.45) is 7.05 Å². The second kappa shape index (κ2) is 20.2. The lowest BCUT2D eigenvalue weighted by molar-refractivity contribution is 0.462. The van der Waals surface area contributed by atoms with Crippen LogP contribution in [0, 0.1) is 5.82 Å². The fraction of sp³-hybridized carbons (Fsp3) is 0.235. The van der Waals surface area contributed by atoms with Crippen LogP contribution in [0.1, 0.15) is 88.4 Å². The number of aromatic nitrogens is 3. The van der Waals surface area contributed by atoms with Gasteiger partial charge in [0.2, 0.25) is 5.88 Å². The molecule has 5 aromatic carbocycles. The number of nitrogens with zero attached hydrogens (tertiary/aromatic N) is 3. The van der Waals surface area contributed by atoms with Crippen molar-refractivity contribution in [1.29, 1.82) is 0 Å². The Hall–Kier alpha value is -6.34. The fourth-order valence-electron chi connectivity index (χ4n) is 5.93. The van der Waals surface area contributed by atoms with Crippen LogP contribution in [0.25, 0.3) is 11.1 Å². The minimum absolute atomic E-state index is 0.100. The predicted octanol–water partition coefficient (Wildman–Crippen LogP) is 13.1. The molecule has 0 fully saturated rings. The van der Waals surface area contributed by atoms with E-state index in [2.05, 4.69) is 62.8 Å². The Balaban J connectivity index is 0.000000172. The summed E-state index contributed by atoms with van der Waals surface area (Å²) in [5.41, 5.74) is 5.26. The molecule has 0 aliphatic carbocycles. The van der Waals surface area contributed by atoms with Crippen LogP contribution in [0.4, 0.5) is 4.39 Å². The summed E-state index contributed by atoms with van der Waals surface area (Å²) >= 11 is 0. The van der Waals surface area contributed by atoms with E-state index < -0.39 is 0 Å². The summed E-state index contributed by atoms with van der Waals surface area (Å²) in [5, 5.41) is 0. The third-order valence-electron chi connectivity index (χ3n) is 9.49. The van der Waals surface area contributed by atoms with Crippen molar-refractivity contribution in [2.75, 3.05) is 0 Å². The average Bonchev–Trinajstić information content (AvgIpc) is 3.21. The molecular formula is C51H54FN3O3. The van der Waals surface area contributed by atoms with E-state index in [4.69, 9.17) is 9.47 Å². The van der Waals surface area contributed by atoms with Gasteiger partial charge in [-0.1, -0.05) is 146 Å². The first-order valence-corrected chi connectivity index (χ1v) is 19.7. The second-order valence-electron chi connectivity index (χ2n) is 15.7. The Morgan fingerprint density at radius 1 is 0.638 bits per heavy atom. The van der Waals surface area contributed by atoms with E-state index in [1.165, 1.54) is 21.8 Å². The molecule has 298 valence electrons. The lowest BCUT2D eigenvalue weighted by Gasteiger charge is -2.19. The van der Waals surface area contributed by atoms with E-state index in [0.29, 0.717) is 40.7 Å². The molecule has 0 radical (unpaired) electrons. The maximum absolute atomic E-state index is 14.3. The first kappa shape index (κ1) is 42.8. The van der Waals surface area contributed by atoms with Crippen LogP contribution < -0.4 is 15.0 Å². The zero-order valence-corrected chi connectivity index (χ0v) is 34.8. The number of benzene rings is 5. The lowest BCUT2D eigenvalue weighted by Crippen LogP contribution is -2.23. The molecule has 2 aromatic heterocycles. The van der Waals surface area contributed by atoms with Crippen molar-refractivity contribution in [3.05, 3.63) is 202 Å². The summed E-state index contributed by atoms with van der Waals surface area (Å²) in [6, 6.07) is 46.6. The number of pyridine rings is 1. The second-order valence-corrected chi connectivity index (χ2v) is 15.7. The quantitative estimate of drug-likeness (QED) is 0.146. The number of ether oxygens (including phenoxy) is 2. The Labute approximate surface area is 343 Å². The third-order valence-corrected chi connectivity index (χ3v) is 9.49. The Bertz CT molecular complexity index is 2370. The van der Waals surface area contributed by atoms with Crippen LogP contribution in [-0.4, -0.2) is 14.5 Å². The summed E-state index contributed by atoms with van der Waals surface area (Å²) in [7, 11) is 1.70. The van der Waals surface area contributed by atoms with Gasteiger partial charge in [0.25, 0.3) is 5.56 Å². The predicted molar refractivity (Wildman–Crippen MR) is 235 cm³/mol. The van der Waals surface area contributed by atoms with Crippen molar-refractivity contribution >= 4 is 0 Å². The zero-order valence-electron chi connectivity index (χ0n) is 34.8. The van der Waals surface area contributed by atoms with Gasteiger partial charge in [-0.15, -0.1) is 0 Å². The number of hydrogen-bond acceptors (Lipinski definition) is 5. The van der Waals surface area contributed by atoms with Crippen LogP contribution in [0.5, 0.6) is 23.1 Å². The number of halogens is 1. The standard InChI is InChI=1S/C21H21FN2O.C16H18O.C14H15NO/c1-14(2)17-10-9-16(12-19(17)22)18-13-23-20(24(3)21(18)25)11-15-7-5-4-6-8-15;1-16(2,3)13-9-11-15(12-10-13)17-14-7-5-4-6-8-14;1-11(2)12-8-9-14(15-10-12)16-13-6-4-3-5-7-13/h4-10,12-14H,11H2,1-3H3;4-12H,1-3H3;3-11H,1-2H3. The molecule has 0 amide bonds. The summed E-state index contributed by atoms with van der Waals surface area (Å²) in [6.07, 6.45) is 3.99. The van der Waals surface area contributed by atoms with Crippen molar-refractivity contribution in [2.45, 2.75) is 72.1 Å². The van der Waals surface area contributed by atoms with E-state index in [-0.39, 0.29) is 22.7 Å². The van der Waals surface area contributed by atoms with E-state index >= 15 is 0 Å². The molecule has 0 bridgehead atoms. The first-order valence-electron chi connectivity index (χ1n) is 19.7. The van der Waals surface area contributed by atoms with Crippen LogP contribution in [0.3, 0.4) is 0 Å². The number of para-hydroxylation sites is 2. The molecule has 0 unspecified atom stereocenters. The SMILES string of the molecule is CC(C)(C)c1ccc(Oc2ccccc2)cc1.CC(C)c1ccc(-c2cnc(Cc3ccccc3)n(C)c2=O)cc1F.CC(C)c1ccc(Oc2ccccc2)nc1. The molecule has 2 heterocycles. The van der Waals surface area contributed by atoms with Gasteiger partial charge in [0.05, 0.1) is 5.56 Å². The van der Waals surface area contributed by atoms with Crippen molar-refractivity contribution in [3.63, 3.8) is 0 Å². The Morgan fingerprint density at radius 3 is 1.72 bits per heavy atom. The average molecular weight is 776 g/mol. The third kappa shape index (κ3) is 12.3.